The van der Waals surface area contributed by atoms with Crippen molar-refractivity contribution in [3.8, 4) is 0 Å². The number of amides is 1. The monoisotopic (exact) mass is 245 g/mol. The van der Waals surface area contributed by atoms with Crippen LogP contribution in [0.25, 0.3) is 0 Å². The van der Waals surface area contributed by atoms with Gasteiger partial charge in [0.05, 0.1) is 31.7 Å². The molecule has 0 aromatic heterocycles. The number of carboxylic acids is 1. The zero-order chi connectivity index (χ0) is 12.7. The number of carbonyl (C=O) groups is 2. The van der Waals surface area contributed by atoms with Crippen LogP contribution in [-0.2, 0) is 19.1 Å². The molecule has 0 radical (unpaired) electrons. The molecule has 1 saturated carbocycles. The van der Waals surface area contributed by atoms with E-state index in [2.05, 4.69) is 5.32 Å². The summed E-state index contributed by atoms with van der Waals surface area (Å²) in [4.78, 5) is 22.3. The van der Waals surface area contributed by atoms with Crippen molar-refractivity contribution in [3.05, 3.63) is 0 Å². The first-order valence-corrected chi connectivity index (χ1v) is 5.74. The van der Waals surface area contributed by atoms with Gasteiger partial charge in [0.15, 0.2) is 0 Å². The Kier molecular flexibility index (Phi) is 5.93. The lowest BCUT2D eigenvalue weighted by Crippen LogP contribution is -2.44. The molecule has 0 saturated heterocycles. The van der Waals surface area contributed by atoms with E-state index < -0.39 is 11.9 Å². The van der Waals surface area contributed by atoms with E-state index in [0.29, 0.717) is 39.2 Å². The lowest BCUT2D eigenvalue weighted by molar-refractivity contribution is -0.152. The minimum atomic E-state index is -0.882. The predicted molar refractivity (Wildman–Crippen MR) is 59.6 cm³/mol. The number of aliphatic carboxylic acids is 1. The fourth-order valence-electron chi connectivity index (χ4n) is 1.73. The van der Waals surface area contributed by atoms with Crippen LogP contribution in [-0.4, -0.2) is 50.5 Å². The van der Waals surface area contributed by atoms with Crippen LogP contribution in [0.1, 0.15) is 12.8 Å². The zero-order valence-corrected chi connectivity index (χ0v) is 9.98. The first kappa shape index (κ1) is 13.9. The van der Waals surface area contributed by atoms with E-state index in [1.807, 2.05) is 0 Å². The molecular formula is C11H19NO5. The molecule has 1 aliphatic rings. The van der Waals surface area contributed by atoms with E-state index in [0.717, 1.165) is 0 Å². The van der Waals surface area contributed by atoms with Gasteiger partial charge in [0.2, 0.25) is 5.91 Å². The number of hydrogen-bond acceptors (Lipinski definition) is 4. The Morgan fingerprint density at radius 2 is 1.94 bits per heavy atom. The Bertz CT molecular complexity index is 269. The highest BCUT2D eigenvalue weighted by molar-refractivity contribution is 5.86. The number of hydrogen-bond donors (Lipinski definition) is 2. The molecule has 0 aromatic carbocycles. The second kappa shape index (κ2) is 7.24. The van der Waals surface area contributed by atoms with Crippen LogP contribution in [0.3, 0.4) is 0 Å². The maximum Gasteiger partial charge on any atom is 0.307 e. The summed E-state index contributed by atoms with van der Waals surface area (Å²) in [6, 6.07) is 0. The molecule has 2 unspecified atom stereocenters. The molecule has 17 heavy (non-hydrogen) atoms. The van der Waals surface area contributed by atoms with Crippen molar-refractivity contribution in [1.82, 2.24) is 5.32 Å². The molecular weight excluding hydrogens is 226 g/mol. The molecule has 1 fully saturated rings. The minimum absolute atomic E-state index is 0.181. The molecule has 0 bridgehead atoms. The highest BCUT2D eigenvalue weighted by atomic mass is 16.5. The van der Waals surface area contributed by atoms with Gasteiger partial charge in [0, 0.05) is 13.7 Å². The van der Waals surface area contributed by atoms with E-state index in [1.165, 1.54) is 0 Å². The third-order valence-corrected chi connectivity index (χ3v) is 2.91. The van der Waals surface area contributed by atoms with Gasteiger partial charge in [-0.25, -0.2) is 0 Å². The maximum absolute atomic E-state index is 11.6. The first-order chi connectivity index (χ1) is 8.16. The second-order valence-electron chi connectivity index (χ2n) is 4.02. The van der Waals surface area contributed by atoms with Gasteiger partial charge in [-0.1, -0.05) is 0 Å². The highest BCUT2D eigenvalue weighted by Crippen LogP contribution is 2.34. The smallest absolute Gasteiger partial charge is 0.307 e. The topological polar surface area (TPSA) is 84.9 Å². The summed E-state index contributed by atoms with van der Waals surface area (Å²) in [5.74, 6) is -1.94. The second-order valence-corrected chi connectivity index (χ2v) is 4.02. The molecule has 0 spiro atoms. The summed E-state index contributed by atoms with van der Waals surface area (Å²) in [7, 11) is 1.59. The summed E-state index contributed by atoms with van der Waals surface area (Å²) < 4.78 is 9.97. The van der Waals surface area contributed by atoms with Gasteiger partial charge >= 0.3 is 5.97 Å². The Balaban J connectivity index is 2.07. The normalized spacial score (nSPS) is 22.9. The van der Waals surface area contributed by atoms with Crippen molar-refractivity contribution in [3.63, 3.8) is 0 Å². The average Bonchev–Trinajstić information content (AvgIpc) is 2.20. The van der Waals surface area contributed by atoms with Gasteiger partial charge in [-0.2, -0.15) is 0 Å². The molecule has 98 valence electrons. The molecule has 2 atom stereocenters. The number of rotatable bonds is 8. The van der Waals surface area contributed by atoms with Crippen LogP contribution < -0.4 is 5.32 Å². The Morgan fingerprint density at radius 1 is 1.24 bits per heavy atom. The van der Waals surface area contributed by atoms with Gasteiger partial charge in [0.25, 0.3) is 0 Å². The van der Waals surface area contributed by atoms with E-state index in [9.17, 15) is 9.59 Å². The fraction of sp³-hybridized carbons (Fsp3) is 0.818. The van der Waals surface area contributed by atoms with Gasteiger partial charge in [-0.15, -0.1) is 0 Å². The summed E-state index contributed by atoms with van der Waals surface area (Å²) in [5.41, 5.74) is 0. The van der Waals surface area contributed by atoms with E-state index >= 15 is 0 Å². The van der Waals surface area contributed by atoms with Crippen LogP contribution in [0.2, 0.25) is 0 Å². The lowest BCUT2D eigenvalue weighted by atomic mass is 9.73. The maximum atomic E-state index is 11.6. The van der Waals surface area contributed by atoms with Crippen LogP contribution >= 0.6 is 0 Å². The third-order valence-electron chi connectivity index (χ3n) is 2.91. The van der Waals surface area contributed by atoms with Gasteiger partial charge in [0.1, 0.15) is 0 Å². The summed E-state index contributed by atoms with van der Waals surface area (Å²) in [5, 5.41) is 11.5. The largest absolute Gasteiger partial charge is 0.481 e. The molecule has 1 amide bonds. The summed E-state index contributed by atoms with van der Waals surface area (Å²) >= 11 is 0. The molecule has 0 heterocycles. The van der Waals surface area contributed by atoms with Crippen molar-refractivity contribution < 1.29 is 24.2 Å². The van der Waals surface area contributed by atoms with Crippen molar-refractivity contribution in [2.45, 2.75) is 12.8 Å². The fourth-order valence-corrected chi connectivity index (χ4v) is 1.73. The van der Waals surface area contributed by atoms with Gasteiger partial charge < -0.3 is 19.9 Å². The quantitative estimate of drug-likeness (QED) is 0.582. The van der Waals surface area contributed by atoms with Gasteiger partial charge in [-0.05, 0) is 12.8 Å². The first-order valence-electron chi connectivity index (χ1n) is 5.74. The molecule has 6 heteroatoms. The summed E-state index contributed by atoms with van der Waals surface area (Å²) in [6.45, 7) is 1.84. The lowest BCUT2D eigenvalue weighted by Gasteiger charge is -2.31. The Hall–Kier alpha value is -1.14. The SMILES string of the molecule is COCCOCCNC(=O)C1CCC1C(=O)O. The van der Waals surface area contributed by atoms with E-state index in [-0.39, 0.29) is 11.8 Å². The van der Waals surface area contributed by atoms with E-state index in [1.54, 1.807) is 7.11 Å². The van der Waals surface area contributed by atoms with Crippen molar-refractivity contribution in [2.24, 2.45) is 11.8 Å². The van der Waals surface area contributed by atoms with Crippen molar-refractivity contribution >= 4 is 11.9 Å². The highest BCUT2D eigenvalue weighted by Gasteiger charge is 2.41. The van der Waals surface area contributed by atoms with Crippen LogP contribution in [0.4, 0.5) is 0 Å². The number of nitrogens with one attached hydrogen (secondary N) is 1. The van der Waals surface area contributed by atoms with Crippen LogP contribution in [0, 0.1) is 11.8 Å². The van der Waals surface area contributed by atoms with Crippen molar-refractivity contribution in [1.29, 1.82) is 0 Å². The molecule has 1 aliphatic carbocycles. The number of carboxylic acid groups (broad SMARTS) is 1. The molecule has 6 nitrogen and oxygen atoms in total. The standard InChI is InChI=1S/C11H19NO5/c1-16-6-7-17-5-4-12-10(13)8-2-3-9(8)11(14)15/h8-9H,2-7H2,1H3,(H,12,13)(H,14,15). The minimum Gasteiger partial charge on any atom is -0.481 e. The summed E-state index contributed by atoms with van der Waals surface area (Å²) in [6.07, 6.45) is 1.26. The molecule has 2 N–H and O–H groups in total. The molecule has 1 rings (SSSR count). The molecule has 0 aromatic rings. The van der Waals surface area contributed by atoms with Crippen LogP contribution in [0.15, 0.2) is 0 Å². The average molecular weight is 245 g/mol. The van der Waals surface area contributed by atoms with E-state index in [4.69, 9.17) is 14.6 Å². The Morgan fingerprint density at radius 3 is 2.47 bits per heavy atom. The number of methoxy groups -OCH3 is 1. The zero-order valence-electron chi connectivity index (χ0n) is 9.98. The van der Waals surface area contributed by atoms with Gasteiger partial charge in [-0.3, -0.25) is 9.59 Å². The van der Waals surface area contributed by atoms with Crippen molar-refractivity contribution in [2.75, 3.05) is 33.5 Å². The predicted octanol–water partition coefficient (Wildman–Crippen LogP) is -0.124. The number of ether oxygens (including phenoxy) is 2. The van der Waals surface area contributed by atoms with Crippen LogP contribution in [0.5, 0.6) is 0 Å². The Labute approximate surface area is 100 Å². The number of carbonyl (C=O) groups excluding carboxylic acids is 1. The molecule has 0 aliphatic heterocycles. The third kappa shape index (κ3) is 4.32.